The molecule has 0 spiro atoms. The van der Waals surface area contributed by atoms with Crippen molar-refractivity contribution in [1.82, 2.24) is 10.3 Å². The fourth-order valence-corrected chi connectivity index (χ4v) is 2.83. The van der Waals surface area contributed by atoms with E-state index >= 15 is 0 Å². The molecule has 1 aliphatic carbocycles. The second kappa shape index (κ2) is 3.72. The minimum absolute atomic E-state index is 0.324. The van der Waals surface area contributed by atoms with Gasteiger partial charge >= 0.3 is 5.76 Å². The van der Waals surface area contributed by atoms with Gasteiger partial charge in [-0.3, -0.25) is 4.98 Å². The van der Waals surface area contributed by atoms with Crippen LogP contribution in [0.2, 0.25) is 0 Å². The van der Waals surface area contributed by atoms with Gasteiger partial charge in [0, 0.05) is 6.04 Å². The monoisotopic (exact) mass is 246 g/mol. The van der Waals surface area contributed by atoms with Gasteiger partial charge in [0.05, 0.1) is 5.52 Å². The molecule has 2 atom stereocenters. The average Bonchev–Trinajstić information content (AvgIpc) is 2.77. The lowest BCUT2D eigenvalue weighted by molar-refractivity contribution is 0.440. The van der Waals surface area contributed by atoms with Crippen molar-refractivity contribution in [2.24, 2.45) is 11.3 Å². The first-order valence-corrected chi connectivity index (χ1v) is 6.31. The van der Waals surface area contributed by atoms with Crippen LogP contribution in [0.1, 0.15) is 31.9 Å². The van der Waals surface area contributed by atoms with Crippen LogP contribution in [-0.4, -0.2) is 12.0 Å². The van der Waals surface area contributed by atoms with Crippen molar-refractivity contribution < 1.29 is 4.42 Å². The maximum atomic E-state index is 11.2. The highest BCUT2D eigenvalue weighted by atomic mass is 16.4. The van der Waals surface area contributed by atoms with E-state index < -0.39 is 5.76 Å². The van der Waals surface area contributed by atoms with Crippen molar-refractivity contribution in [2.45, 2.75) is 26.3 Å². The van der Waals surface area contributed by atoms with E-state index in [0.717, 1.165) is 5.52 Å². The Morgan fingerprint density at radius 2 is 2.22 bits per heavy atom. The SMILES string of the molecule is CNC(c1ccc2[nH]c(=O)oc2c1)C1CC1(C)C. The quantitative estimate of drug-likeness (QED) is 0.874. The van der Waals surface area contributed by atoms with E-state index in [1.165, 1.54) is 12.0 Å². The molecule has 3 rings (SSSR count). The van der Waals surface area contributed by atoms with Crippen LogP contribution < -0.4 is 11.1 Å². The number of rotatable bonds is 3. The molecule has 4 heteroatoms. The van der Waals surface area contributed by atoms with Crippen LogP contribution >= 0.6 is 0 Å². The van der Waals surface area contributed by atoms with E-state index in [-0.39, 0.29) is 0 Å². The summed E-state index contributed by atoms with van der Waals surface area (Å²) in [6, 6.07) is 6.26. The van der Waals surface area contributed by atoms with E-state index in [4.69, 9.17) is 4.42 Å². The van der Waals surface area contributed by atoms with E-state index in [9.17, 15) is 4.79 Å². The van der Waals surface area contributed by atoms with Gasteiger partial charge < -0.3 is 9.73 Å². The maximum Gasteiger partial charge on any atom is 0.417 e. The Bertz CT molecular complexity index is 639. The third kappa shape index (κ3) is 1.77. The molecule has 4 nitrogen and oxygen atoms in total. The molecule has 0 aliphatic heterocycles. The van der Waals surface area contributed by atoms with Gasteiger partial charge in [-0.2, -0.15) is 0 Å². The summed E-state index contributed by atoms with van der Waals surface area (Å²) in [7, 11) is 1.98. The van der Waals surface area contributed by atoms with Gasteiger partial charge in [-0.25, -0.2) is 4.79 Å². The molecular formula is C14H18N2O2. The second-order valence-corrected chi connectivity index (χ2v) is 5.84. The summed E-state index contributed by atoms with van der Waals surface area (Å²) in [5, 5.41) is 3.38. The van der Waals surface area contributed by atoms with Crippen LogP contribution in [0.15, 0.2) is 27.4 Å². The summed E-state index contributed by atoms with van der Waals surface area (Å²) < 4.78 is 5.12. The first-order chi connectivity index (χ1) is 8.51. The van der Waals surface area contributed by atoms with Crippen molar-refractivity contribution >= 4 is 11.1 Å². The van der Waals surface area contributed by atoms with Gasteiger partial charge in [0.15, 0.2) is 5.58 Å². The lowest BCUT2D eigenvalue weighted by Crippen LogP contribution is -2.20. The fraction of sp³-hybridized carbons (Fsp3) is 0.500. The summed E-state index contributed by atoms with van der Waals surface area (Å²) in [5.41, 5.74) is 2.98. The Hall–Kier alpha value is -1.55. The van der Waals surface area contributed by atoms with Crippen LogP contribution in [0.25, 0.3) is 11.1 Å². The zero-order valence-electron chi connectivity index (χ0n) is 10.9. The van der Waals surface area contributed by atoms with Crippen LogP contribution in [0, 0.1) is 11.3 Å². The number of fused-ring (bicyclic) bond motifs is 1. The van der Waals surface area contributed by atoms with E-state index in [1.54, 1.807) is 0 Å². The van der Waals surface area contributed by atoms with E-state index in [2.05, 4.69) is 30.2 Å². The van der Waals surface area contributed by atoms with Crippen LogP contribution in [0.4, 0.5) is 0 Å². The molecule has 0 saturated heterocycles. The molecule has 1 fully saturated rings. The fourth-order valence-electron chi connectivity index (χ4n) is 2.83. The molecule has 1 heterocycles. The van der Waals surface area contributed by atoms with Crippen molar-refractivity contribution in [1.29, 1.82) is 0 Å². The van der Waals surface area contributed by atoms with Crippen molar-refractivity contribution in [3.05, 3.63) is 34.3 Å². The molecule has 1 aromatic carbocycles. The first-order valence-electron chi connectivity index (χ1n) is 6.31. The summed E-state index contributed by atoms with van der Waals surface area (Å²) in [4.78, 5) is 13.8. The second-order valence-electron chi connectivity index (χ2n) is 5.84. The predicted molar refractivity (Wildman–Crippen MR) is 70.5 cm³/mol. The van der Waals surface area contributed by atoms with Crippen molar-refractivity contribution in [3.63, 3.8) is 0 Å². The molecule has 2 aromatic rings. The number of nitrogens with one attached hydrogen (secondary N) is 2. The molecule has 1 aromatic heterocycles. The Morgan fingerprint density at radius 1 is 1.50 bits per heavy atom. The van der Waals surface area contributed by atoms with Crippen molar-refractivity contribution in [2.75, 3.05) is 7.05 Å². The number of hydrogen-bond acceptors (Lipinski definition) is 3. The third-order valence-corrected chi connectivity index (χ3v) is 4.11. The van der Waals surface area contributed by atoms with Crippen LogP contribution in [0.5, 0.6) is 0 Å². The Kier molecular flexibility index (Phi) is 2.38. The third-order valence-electron chi connectivity index (χ3n) is 4.11. The predicted octanol–water partition coefficient (Wildman–Crippen LogP) is 2.43. The molecule has 1 aliphatic rings. The lowest BCUT2D eigenvalue weighted by Gasteiger charge is -2.18. The first kappa shape index (κ1) is 11.5. The zero-order chi connectivity index (χ0) is 12.9. The number of oxazole rings is 1. The maximum absolute atomic E-state index is 11.2. The lowest BCUT2D eigenvalue weighted by atomic mass is 9.97. The van der Waals surface area contributed by atoms with Crippen LogP contribution in [0.3, 0.4) is 0 Å². The van der Waals surface area contributed by atoms with Gasteiger partial charge in [0.1, 0.15) is 0 Å². The normalized spacial score (nSPS) is 23.2. The number of H-pyrrole nitrogens is 1. The zero-order valence-corrected chi connectivity index (χ0v) is 10.9. The molecule has 1 saturated carbocycles. The highest BCUT2D eigenvalue weighted by Crippen LogP contribution is 2.57. The van der Waals surface area contributed by atoms with Gasteiger partial charge in [-0.1, -0.05) is 19.9 Å². The summed E-state index contributed by atoms with van der Waals surface area (Å²) in [6.07, 6.45) is 1.23. The number of hydrogen-bond donors (Lipinski definition) is 2. The van der Waals surface area contributed by atoms with E-state index in [1.807, 2.05) is 19.2 Å². The molecule has 18 heavy (non-hydrogen) atoms. The van der Waals surface area contributed by atoms with Gasteiger partial charge in [0.25, 0.3) is 0 Å². The largest absolute Gasteiger partial charge is 0.417 e. The minimum atomic E-state index is -0.394. The van der Waals surface area contributed by atoms with Crippen LogP contribution in [-0.2, 0) is 0 Å². The molecule has 2 unspecified atom stereocenters. The Balaban J connectivity index is 1.99. The van der Waals surface area contributed by atoms with Crippen molar-refractivity contribution in [3.8, 4) is 0 Å². The van der Waals surface area contributed by atoms with Gasteiger partial charge in [-0.05, 0) is 42.5 Å². The highest BCUT2D eigenvalue weighted by Gasteiger charge is 2.50. The van der Waals surface area contributed by atoms with Gasteiger partial charge in [0.2, 0.25) is 0 Å². The number of aromatic nitrogens is 1. The van der Waals surface area contributed by atoms with Gasteiger partial charge in [-0.15, -0.1) is 0 Å². The summed E-state index contributed by atoms with van der Waals surface area (Å²) in [5.74, 6) is 0.250. The topological polar surface area (TPSA) is 58.0 Å². The summed E-state index contributed by atoms with van der Waals surface area (Å²) in [6.45, 7) is 4.58. The smallest absolute Gasteiger partial charge is 0.408 e. The summed E-state index contributed by atoms with van der Waals surface area (Å²) >= 11 is 0. The minimum Gasteiger partial charge on any atom is -0.408 e. The number of benzene rings is 1. The standard InChI is InChI=1S/C14H18N2O2/c1-14(2)7-9(14)12(15-3)8-4-5-10-11(6-8)18-13(17)16-10/h4-6,9,12,15H,7H2,1-3H3,(H,16,17). The molecular weight excluding hydrogens is 228 g/mol. The highest BCUT2D eigenvalue weighted by molar-refractivity contribution is 5.72. The molecule has 96 valence electrons. The Morgan fingerprint density at radius 3 is 2.83 bits per heavy atom. The average molecular weight is 246 g/mol. The molecule has 2 N–H and O–H groups in total. The van der Waals surface area contributed by atoms with E-state index in [0.29, 0.717) is 23.0 Å². The number of aromatic amines is 1. The molecule has 0 bridgehead atoms. The molecule has 0 radical (unpaired) electrons. The Labute approximate surface area is 105 Å². The molecule has 0 amide bonds.